The summed E-state index contributed by atoms with van der Waals surface area (Å²) in [4.78, 5) is 12.3. The first-order chi connectivity index (χ1) is 11.6. The first-order valence-electron chi connectivity index (χ1n) is 8.18. The molecule has 1 saturated heterocycles. The highest BCUT2D eigenvalue weighted by molar-refractivity contribution is 8.00. The number of benzene rings is 1. The Morgan fingerprint density at radius 2 is 2.21 bits per heavy atom. The van der Waals surface area contributed by atoms with Gasteiger partial charge >= 0.3 is 0 Å². The van der Waals surface area contributed by atoms with Gasteiger partial charge in [-0.05, 0) is 38.8 Å². The fraction of sp³-hybridized carbons (Fsp3) is 0.471. The van der Waals surface area contributed by atoms with Crippen molar-refractivity contribution in [2.75, 3.05) is 13.2 Å². The molecular weight excluding hydrogens is 324 g/mol. The third-order valence-electron chi connectivity index (χ3n) is 3.99. The summed E-state index contributed by atoms with van der Waals surface area (Å²) in [7, 11) is 0. The summed E-state index contributed by atoms with van der Waals surface area (Å²) < 4.78 is 7.50. The number of hydrogen-bond acceptors (Lipinski definition) is 5. The topological polar surface area (TPSA) is 69.0 Å². The van der Waals surface area contributed by atoms with Crippen molar-refractivity contribution in [1.82, 2.24) is 20.1 Å². The van der Waals surface area contributed by atoms with Crippen LogP contribution < -0.4 is 5.32 Å². The quantitative estimate of drug-likeness (QED) is 0.813. The highest BCUT2D eigenvalue weighted by atomic mass is 32.2. The van der Waals surface area contributed by atoms with Crippen molar-refractivity contribution in [2.24, 2.45) is 0 Å². The molecule has 0 aliphatic carbocycles. The smallest absolute Gasteiger partial charge is 0.233 e. The van der Waals surface area contributed by atoms with Crippen molar-refractivity contribution in [3.63, 3.8) is 0 Å². The van der Waals surface area contributed by atoms with Gasteiger partial charge < -0.3 is 10.1 Å². The Morgan fingerprint density at radius 3 is 2.92 bits per heavy atom. The lowest BCUT2D eigenvalue weighted by molar-refractivity contribution is -0.120. The van der Waals surface area contributed by atoms with Crippen LogP contribution in [0.1, 0.15) is 25.6 Å². The summed E-state index contributed by atoms with van der Waals surface area (Å²) in [5.74, 6) is 0.798. The van der Waals surface area contributed by atoms with Crippen LogP contribution in [-0.4, -0.2) is 45.2 Å². The van der Waals surface area contributed by atoms with E-state index in [9.17, 15) is 4.79 Å². The second kappa shape index (κ2) is 7.81. The van der Waals surface area contributed by atoms with Crippen LogP contribution in [0.4, 0.5) is 0 Å². The minimum Gasteiger partial charge on any atom is -0.376 e. The van der Waals surface area contributed by atoms with Crippen molar-refractivity contribution >= 4 is 17.7 Å². The third-order valence-corrected chi connectivity index (χ3v) is 5.03. The molecule has 1 aliphatic rings. The zero-order valence-electron chi connectivity index (χ0n) is 13.9. The number of carbonyl (C=O) groups is 1. The van der Waals surface area contributed by atoms with Crippen LogP contribution in [0.15, 0.2) is 35.5 Å². The zero-order valence-corrected chi connectivity index (χ0v) is 14.8. The lowest BCUT2D eigenvalue weighted by atomic mass is 10.2. The van der Waals surface area contributed by atoms with Crippen LogP contribution in [0.2, 0.25) is 0 Å². The molecule has 1 aromatic heterocycles. The van der Waals surface area contributed by atoms with Gasteiger partial charge in [0, 0.05) is 18.8 Å². The number of nitrogens with zero attached hydrogens (tertiary/aromatic N) is 3. The van der Waals surface area contributed by atoms with E-state index in [-0.39, 0.29) is 17.3 Å². The average molecular weight is 346 g/mol. The molecule has 1 aromatic carbocycles. The van der Waals surface area contributed by atoms with Gasteiger partial charge in [-0.2, -0.15) is 0 Å². The Labute approximate surface area is 146 Å². The number of aryl methyl sites for hydroxylation is 1. The van der Waals surface area contributed by atoms with E-state index in [0.29, 0.717) is 6.54 Å². The van der Waals surface area contributed by atoms with E-state index < -0.39 is 0 Å². The van der Waals surface area contributed by atoms with Crippen LogP contribution >= 0.6 is 11.8 Å². The monoisotopic (exact) mass is 346 g/mol. The Kier molecular flexibility index (Phi) is 5.52. The summed E-state index contributed by atoms with van der Waals surface area (Å²) in [6.07, 6.45) is 2.24. The van der Waals surface area contributed by atoms with Gasteiger partial charge in [0.25, 0.3) is 0 Å². The summed E-state index contributed by atoms with van der Waals surface area (Å²) in [5.41, 5.74) is 0.995. The molecule has 6 nitrogen and oxygen atoms in total. The molecule has 0 bridgehead atoms. The van der Waals surface area contributed by atoms with E-state index in [0.717, 1.165) is 36.1 Å². The molecule has 2 heterocycles. The number of amides is 1. The molecular formula is C17H22N4O2S. The molecule has 3 rings (SSSR count). The predicted octanol–water partition coefficient (Wildman–Crippen LogP) is 2.35. The average Bonchev–Trinajstić information content (AvgIpc) is 3.23. The molecule has 0 saturated carbocycles. The maximum absolute atomic E-state index is 12.3. The summed E-state index contributed by atoms with van der Waals surface area (Å²) in [6.45, 7) is 5.17. The van der Waals surface area contributed by atoms with Gasteiger partial charge in [-0.15, -0.1) is 10.2 Å². The minimum atomic E-state index is -0.252. The molecule has 24 heavy (non-hydrogen) atoms. The second-order valence-corrected chi connectivity index (χ2v) is 7.15. The fourth-order valence-electron chi connectivity index (χ4n) is 2.67. The number of rotatable bonds is 6. The molecule has 0 unspecified atom stereocenters. The van der Waals surface area contributed by atoms with Gasteiger partial charge in [0.1, 0.15) is 5.82 Å². The van der Waals surface area contributed by atoms with E-state index in [1.807, 2.05) is 48.7 Å². The molecule has 1 N–H and O–H groups in total. The number of carbonyl (C=O) groups excluding carboxylic acids is 1. The van der Waals surface area contributed by atoms with Gasteiger partial charge in [-0.1, -0.05) is 30.0 Å². The van der Waals surface area contributed by atoms with Crippen molar-refractivity contribution < 1.29 is 9.53 Å². The molecule has 128 valence electrons. The molecule has 1 aliphatic heterocycles. The number of thioether (sulfide) groups is 1. The largest absolute Gasteiger partial charge is 0.376 e. The van der Waals surface area contributed by atoms with Gasteiger partial charge in [0.2, 0.25) is 5.91 Å². The van der Waals surface area contributed by atoms with Gasteiger partial charge in [0.15, 0.2) is 5.16 Å². The Balaban J connectivity index is 1.64. The van der Waals surface area contributed by atoms with E-state index in [1.165, 1.54) is 11.8 Å². The van der Waals surface area contributed by atoms with E-state index in [2.05, 4.69) is 15.5 Å². The molecule has 1 amide bonds. The van der Waals surface area contributed by atoms with Crippen molar-refractivity contribution in [2.45, 2.75) is 43.2 Å². The molecule has 2 atom stereocenters. The maximum Gasteiger partial charge on any atom is 0.233 e. The Hall–Kier alpha value is -1.86. The maximum atomic E-state index is 12.3. The summed E-state index contributed by atoms with van der Waals surface area (Å²) >= 11 is 1.41. The first kappa shape index (κ1) is 17.0. The summed E-state index contributed by atoms with van der Waals surface area (Å²) in [5, 5.41) is 11.8. The standard InChI is InChI=1S/C17H22N4O2S/c1-12(16(22)18-11-15-9-6-10-23-15)24-17-20-19-13(2)21(17)14-7-4-3-5-8-14/h3-5,7-8,12,15H,6,9-11H2,1-2H3,(H,18,22)/t12-,15+/m1/s1. The predicted molar refractivity (Wildman–Crippen MR) is 93.4 cm³/mol. The van der Waals surface area contributed by atoms with Crippen molar-refractivity contribution in [1.29, 1.82) is 0 Å². The fourth-order valence-corrected chi connectivity index (χ4v) is 3.61. The van der Waals surface area contributed by atoms with Crippen LogP contribution in [0.3, 0.4) is 0 Å². The van der Waals surface area contributed by atoms with Crippen LogP contribution in [0.5, 0.6) is 0 Å². The van der Waals surface area contributed by atoms with Crippen LogP contribution in [0, 0.1) is 6.92 Å². The first-order valence-corrected chi connectivity index (χ1v) is 9.06. The minimum absolute atomic E-state index is 0.00392. The number of para-hydroxylation sites is 1. The van der Waals surface area contributed by atoms with E-state index >= 15 is 0 Å². The number of nitrogens with one attached hydrogen (secondary N) is 1. The van der Waals surface area contributed by atoms with Crippen LogP contribution in [0.25, 0.3) is 5.69 Å². The zero-order chi connectivity index (χ0) is 16.9. The Morgan fingerprint density at radius 1 is 1.42 bits per heavy atom. The molecule has 2 aromatic rings. The number of hydrogen-bond donors (Lipinski definition) is 1. The van der Waals surface area contributed by atoms with Crippen molar-refractivity contribution in [3.8, 4) is 5.69 Å². The molecule has 1 fully saturated rings. The van der Waals surface area contributed by atoms with Crippen LogP contribution in [-0.2, 0) is 9.53 Å². The summed E-state index contributed by atoms with van der Waals surface area (Å²) in [6, 6.07) is 9.92. The van der Waals surface area contributed by atoms with Gasteiger partial charge in [-0.25, -0.2) is 0 Å². The highest BCUT2D eigenvalue weighted by Crippen LogP contribution is 2.25. The van der Waals surface area contributed by atoms with E-state index in [4.69, 9.17) is 4.74 Å². The second-order valence-electron chi connectivity index (χ2n) is 5.84. The molecule has 0 spiro atoms. The lowest BCUT2D eigenvalue weighted by Crippen LogP contribution is -2.36. The normalized spacial score (nSPS) is 18.5. The third kappa shape index (κ3) is 3.96. The van der Waals surface area contributed by atoms with Crippen molar-refractivity contribution in [3.05, 3.63) is 36.2 Å². The van der Waals surface area contributed by atoms with Gasteiger partial charge in [-0.3, -0.25) is 9.36 Å². The number of aromatic nitrogens is 3. The van der Waals surface area contributed by atoms with Gasteiger partial charge in [0.05, 0.1) is 11.4 Å². The highest BCUT2D eigenvalue weighted by Gasteiger charge is 2.22. The molecule has 0 radical (unpaired) electrons. The molecule has 7 heteroatoms. The lowest BCUT2D eigenvalue weighted by Gasteiger charge is -2.15. The number of ether oxygens (including phenoxy) is 1. The van der Waals surface area contributed by atoms with E-state index in [1.54, 1.807) is 0 Å². The Bertz CT molecular complexity index is 683. The SMILES string of the molecule is Cc1nnc(S[C@H](C)C(=O)NC[C@@H]2CCCO2)n1-c1ccccc1.